The topological polar surface area (TPSA) is 83.4 Å². The monoisotopic (exact) mass is 299 g/mol. The molecular formula is C10H10BrN3O3. The maximum absolute atomic E-state index is 5.38. The van der Waals surface area contributed by atoms with Crippen molar-refractivity contribution >= 4 is 21.9 Å². The van der Waals surface area contributed by atoms with Crippen molar-refractivity contribution < 1.29 is 13.9 Å². The van der Waals surface area contributed by atoms with Gasteiger partial charge in [-0.1, -0.05) is 5.10 Å². The van der Waals surface area contributed by atoms with Gasteiger partial charge in [0, 0.05) is 0 Å². The summed E-state index contributed by atoms with van der Waals surface area (Å²) in [4.78, 5) is 0. The van der Waals surface area contributed by atoms with Gasteiger partial charge < -0.3 is 19.6 Å². The van der Waals surface area contributed by atoms with Crippen LogP contribution in [0.2, 0.25) is 0 Å². The Balaban J connectivity index is 2.58. The lowest BCUT2D eigenvalue weighted by atomic mass is 10.2. The Labute approximate surface area is 106 Å². The highest BCUT2D eigenvalue weighted by atomic mass is 79.9. The molecule has 0 saturated carbocycles. The fraction of sp³-hybridized carbons (Fsp3) is 0.200. The summed E-state index contributed by atoms with van der Waals surface area (Å²) in [6, 6.07) is 3.53. The molecule has 0 fully saturated rings. The minimum absolute atomic E-state index is 0.00833. The van der Waals surface area contributed by atoms with E-state index in [9.17, 15) is 0 Å². The van der Waals surface area contributed by atoms with E-state index in [2.05, 4.69) is 26.1 Å². The summed E-state index contributed by atoms with van der Waals surface area (Å²) < 4.78 is 16.3. The van der Waals surface area contributed by atoms with Gasteiger partial charge in [-0.15, -0.1) is 5.10 Å². The molecular weight excluding hydrogens is 290 g/mol. The number of nitrogens with two attached hydrogens (primary N) is 1. The molecule has 7 heteroatoms. The van der Waals surface area contributed by atoms with Crippen LogP contribution in [0.1, 0.15) is 0 Å². The number of nitrogen functional groups attached to an aromatic ring is 1. The molecule has 90 valence electrons. The SMILES string of the molecule is COc1ccc(-c2nnc(N)o2)c(OC)c1Br. The second kappa shape index (κ2) is 4.62. The first-order valence-electron chi connectivity index (χ1n) is 4.67. The van der Waals surface area contributed by atoms with Crippen LogP contribution in [-0.2, 0) is 0 Å². The Morgan fingerprint density at radius 2 is 2.00 bits per heavy atom. The van der Waals surface area contributed by atoms with Crippen molar-refractivity contribution in [3.05, 3.63) is 16.6 Å². The van der Waals surface area contributed by atoms with Gasteiger partial charge in [-0.25, -0.2) is 0 Å². The molecule has 0 saturated heterocycles. The molecule has 0 aliphatic carbocycles. The summed E-state index contributed by atoms with van der Waals surface area (Å²) in [6.07, 6.45) is 0. The molecule has 0 aliphatic rings. The van der Waals surface area contributed by atoms with Crippen LogP contribution in [0.25, 0.3) is 11.5 Å². The van der Waals surface area contributed by atoms with Gasteiger partial charge in [0.25, 0.3) is 5.89 Å². The molecule has 1 aromatic carbocycles. The number of hydrogen-bond acceptors (Lipinski definition) is 6. The number of aromatic nitrogens is 2. The second-order valence-electron chi connectivity index (χ2n) is 3.11. The van der Waals surface area contributed by atoms with Crippen molar-refractivity contribution in [1.82, 2.24) is 10.2 Å². The lowest BCUT2D eigenvalue weighted by Crippen LogP contribution is -1.93. The maximum Gasteiger partial charge on any atom is 0.313 e. The normalized spacial score (nSPS) is 10.3. The molecule has 0 unspecified atom stereocenters. The Bertz CT molecular complexity index is 542. The van der Waals surface area contributed by atoms with Crippen LogP contribution in [0.15, 0.2) is 21.0 Å². The predicted molar refractivity (Wildman–Crippen MR) is 65.0 cm³/mol. The first-order valence-corrected chi connectivity index (χ1v) is 5.46. The predicted octanol–water partition coefficient (Wildman–Crippen LogP) is 2.10. The summed E-state index contributed by atoms with van der Waals surface area (Å²) >= 11 is 3.39. The van der Waals surface area contributed by atoms with Gasteiger partial charge in [-0.2, -0.15) is 0 Å². The van der Waals surface area contributed by atoms with Gasteiger partial charge in [0.05, 0.1) is 19.8 Å². The molecule has 0 radical (unpaired) electrons. The summed E-state index contributed by atoms with van der Waals surface area (Å²) in [5, 5.41) is 7.41. The number of nitrogens with zero attached hydrogens (tertiary/aromatic N) is 2. The van der Waals surface area contributed by atoms with Gasteiger partial charge in [0.1, 0.15) is 16.0 Å². The molecule has 2 aromatic rings. The van der Waals surface area contributed by atoms with E-state index in [4.69, 9.17) is 19.6 Å². The third-order valence-corrected chi connectivity index (χ3v) is 2.91. The van der Waals surface area contributed by atoms with E-state index in [0.717, 1.165) is 0 Å². The van der Waals surface area contributed by atoms with E-state index in [0.29, 0.717) is 27.4 Å². The Hall–Kier alpha value is -1.76. The van der Waals surface area contributed by atoms with Crippen LogP contribution in [0.5, 0.6) is 11.5 Å². The van der Waals surface area contributed by atoms with Gasteiger partial charge in [-0.3, -0.25) is 0 Å². The molecule has 0 spiro atoms. The smallest absolute Gasteiger partial charge is 0.313 e. The molecule has 17 heavy (non-hydrogen) atoms. The number of anilines is 1. The summed E-state index contributed by atoms with van der Waals surface area (Å²) in [6.45, 7) is 0. The molecule has 0 bridgehead atoms. The van der Waals surface area contributed by atoms with E-state index in [-0.39, 0.29) is 6.01 Å². The van der Waals surface area contributed by atoms with Crippen molar-refractivity contribution in [2.45, 2.75) is 0 Å². The van der Waals surface area contributed by atoms with Gasteiger partial charge in [0.2, 0.25) is 0 Å². The average Bonchev–Trinajstić information content (AvgIpc) is 2.75. The number of halogens is 1. The molecule has 0 amide bonds. The minimum Gasteiger partial charge on any atom is -0.495 e. The number of ether oxygens (including phenoxy) is 2. The van der Waals surface area contributed by atoms with E-state index in [1.54, 1.807) is 26.4 Å². The average molecular weight is 300 g/mol. The van der Waals surface area contributed by atoms with Crippen LogP contribution in [0, 0.1) is 0 Å². The van der Waals surface area contributed by atoms with Crippen molar-refractivity contribution in [1.29, 1.82) is 0 Å². The Morgan fingerprint density at radius 3 is 2.53 bits per heavy atom. The van der Waals surface area contributed by atoms with Crippen LogP contribution < -0.4 is 15.2 Å². The molecule has 2 rings (SSSR count). The molecule has 1 aromatic heterocycles. The van der Waals surface area contributed by atoms with Crippen molar-refractivity contribution in [3.63, 3.8) is 0 Å². The molecule has 0 aliphatic heterocycles. The number of hydrogen-bond donors (Lipinski definition) is 1. The Morgan fingerprint density at radius 1 is 1.24 bits per heavy atom. The van der Waals surface area contributed by atoms with Crippen LogP contribution in [0.3, 0.4) is 0 Å². The highest BCUT2D eigenvalue weighted by Gasteiger charge is 2.18. The molecule has 2 N–H and O–H groups in total. The van der Waals surface area contributed by atoms with E-state index < -0.39 is 0 Å². The molecule has 1 heterocycles. The van der Waals surface area contributed by atoms with Crippen molar-refractivity contribution in [2.24, 2.45) is 0 Å². The summed E-state index contributed by atoms with van der Waals surface area (Å²) in [7, 11) is 3.12. The van der Waals surface area contributed by atoms with Gasteiger partial charge >= 0.3 is 6.01 Å². The molecule has 0 atom stereocenters. The molecule has 6 nitrogen and oxygen atoms in total. The standard InChI is InChI=1S/C10H10BrN3O3/c1-15-6-4-3-5(8(16-2)7(6)11)9-13-14-10(12)17-9/h3-4H,1-2H3,(H2,12,14). The lowest BCUT2D eigenvalue weighted by molar-refractivity contribution is 0.389. The van der Waals surface area contributed by atoms with Crippen LogP contribution in [0.4, 0.5) is 6.01 Å². The zero-order valence-electron chi connectivity index (χ0n) is 9.23. The largest absolute Gasteiger partial charge is 0.495 e. The van der Waals surface area contributed by atoms with E-state index in [1.807, 2.05) is 0 Å². The minimum atomic E-state index is 0.00833. The van der Waals surface area contributed by atoms with Crippen LogP contribution >= 0.6 is 15.9 Å². The third-order valence-electron chi connectivity index (χ3n) is 2.16. The van der Waals surface area contributed by atoms with Crippen molar-refractivity contribution in [2.75, 3.05) is 20.0 Å². The quantitative estimate of drug-likeness (QED) is 0.934. The van der Waals surface area contributed by atoms with Gasteiger partial charge in [0.15, 0.2) is 0 Å². The first-order chi connectivity index (χ1) is 8.17. The number of methoxy groups -OCH3 is 2. The zero-order valence-corrected chi connectivity index (χ0v) is 10.8. The fourth-order valence-corrected chi connectivity index (χ4v) is 2.08. The third kappa shape index (κ3) is 2.05. The van der Waals surface area contributed by atoms with E-state index in [1.165, 1.54) is 0 Å². The summed E-state index contributed by atoms with van der Waals surface area (Å²) in [5.74, 6) is 1.49. The number of benzene rings is 1. The highest BCUT2D eigenvalue weighted by Crippen LogP contribution is 2.41. The summed E-state index contributed by atoms with van der Waals surface area (Å²) in [5.41, 5.74) is 6.03. The fourth-order valence-electron chi connectivity index (χ4n) is 1.41. The van der Waals surface area contributed by atoms with Crippen LogP contribution in [-0.4, -0.2) is 24.4 Å². The van der Waals surface area contributed by atoms with Gasteiger partial charge in [-0.05, 0) is 28.1 Å². The zero-order chi connectivity index (χ0) is 12.4. The van der Waals surface area contributed by atoms with Crippen molar-refractivity contribution in [3.8, 4) is 23.0 Å². The number of rotatable bonds is 3. The first kappa shape index (κ1) is 11.7. The maximum atomic E-state index is 5.38. The van der Waals surface area contributed by atoms with E-state index >= 15 is 0 Å². The lowest BCUT2D eigenvalue weighted by Gasteiger charge is -2.10. The second-order valence-corrected chi connectivity index (χ2v) is 3.90. The Kier molecular flexibility index (Phi) is 3.19. The highest BCUT2D eigenvalue weighted by molar-refractivity contribution is 9.10.